The lowest BCUT2D eigenvalue weighted by atomic mass is 9.89. The molecule has 2 aromatic rings. The average molecular weight is 603 g/mol. The molecule has 0 aromatic heterocycles. The number of aliphatic hydroxyl groups is 2. The van der Waals surface area contributed by atoms with Gasteiger partial charge in [0.05, 0.1) is 16.6 Å². The van der Waals surface area contributed by atoms with E-state index >= 15 is 0 Å². The number of aliphatic hydroxyl groups excluding tert-OH is 2. The molecule has 3 fully saturated rings. The zero-order valence-corrected chi connectivity index (χ0v) is 21.7. The number of rotatable bonds is 9. The van der Waals surface area contributed by atoms with Crippen LogP contribution in [0.2, 0.25) is 5.02 Å². The lowest BCUT2D eigenvalue weighted by molar-refractivity contribution is -0.338. The molecule has 0 spiro atoms. The van der Waals surface area contributed by atoms with Gasteiger partial charge < -0.3 is 33.9 Å². The minimum Gasteiger partial charge on any atom is -0.491 e. The summed E-state index contributed by atoms with van der Waals surface area (Å²) >= 11 is 8.55. The van der Waals surface area contributed by atoms with Crippen molar-refractivity contribution in [3.05, 3.63) is 64.2 Å². The Balaban J connectivity index is 1.31. The molecule has 2 N–H and O–H groups in total. The molecule has 184 valence electrons. The summed E-state index contributed by atoms with van der Waals surface area (Å²) in [6.07, 6.45) is 0.939. The van der Waals surface area contributed by atoms with Gasteiger partial charge in [-0.3, -0.25) is 0 Å². The highest BCUT2D eigenvalue weighted by Crippen LogP contribution is 2.52. The maximum absolute atomic E-state index is 10.9. The average Bonchev–Trinajstić information content (AvgIpc) is 3.60. The standard InChI is InChI=1S/C25H28ClIO7/c1-30-24-14-33-25(34-24,23(29)21(28)22(24)27)17-4-9-20(26)16(13-17)12-15-2-5-18(6-3-15)31-10-11-32-19-7-8-19/h2-6,9,13,19,21-23,28-29H,7-8,10-12,14H2,1H3/t21-,22+,23-,24-,25-/m0/s1. The Morgan fingerprint density at radius 3 is 2.59 bits per heavy atom. The van der Waals surface area contributed by atoms with Crippen LogP contribution in [0.25, 0.3) is 0 Å². The first-order valence-corrected chi connectivity index (χ1v) is 13.0. The van der Waals surface area contributed by atoms with Crippen molar-refractivity contribution in [1.82, 2.24) is 0 Å². The molecule has 3 aliphatic rings. The van der Waals surface area contributed by atoms with Gasteiger partial charge in [-0.25, -0.2) is 0 Å². The van der Waals surface area contributed by atoms with Gasteiger partial charge >= 0.3 is 0 Å². The molecule has 0 unspecified atom stereocenters. The quantitative estimate of drug-likeness (QED) is 0.258. The van der Waals surface area contributed by atoms with E-state index in [0.29, 0.717) is 36.3 Å². The first-order chi connectivity index (χ1) is 16.4. The van der Waals surface area contributed by atoms with Crippen molar-refractivity contribution in [2.45, 2.75) is 53.1 Å². The molecule has 2 heterocycles. The summed E-state index contributed by atoms with van der Waals surface area (Å²) in [6.45, 7) is 1.22. The Labute approximate surface area is 217 Å². The van der Waals surface area contributed by atoms with Crippen molar-refractivity contribution in [3.8, 4) is 5.75 Å². The minimum absolute atomic E-state index is 0.0936. The lowest BCUT2D eigenvalue weighted by Crippen LogP contribution is -2.62. The maximum Gasteiger partial charge on any atom is 0.227 e. The largest absolute Gasteiger partial charge is 0.491 e. The van der Waals surface area contributed by atoms with Gasteiger partial charge in [0.2, 0.25) is 11.6 Å². The lowest BCUT2D eigenvalue weighted by Gasteiger charge is -2.45. The predicted molar refractivity (Wildman–Crippen MR) is 133 cm³/mol. The van der Waals surface area contributed by atoms with Crippen LogP contribution in [-0.2, 0) is 31.2 Å². The number of hydrogen-bond donors (Lipinski definition) is 2. The van der Waals surface area contributed by atoms with E-state index < -0.39 is 27.7 Å². The fourth-order valence-electron chi connectivity index (χ4n) is 4.44. The molecule has 2 saturated heterocycles. The molecule has 0 radical (unpaired) electrons. The molecule has 9 heteroatoms. The Morgan fingerprint density at radius 2 is 1.88 bits per heavy atom. The van der Waals surface area contributed by atoms with Gasteiger partial charge in [-0.15, -0.1) is 0 Å². The van der Waals surface area contributed by atoms with Crippen LogP contribution in [0.5, 0.6) is 5.75 Å². The SMILES string of the molecule is CO[C@@]12CO[C@@](c3ccc(Cl)c(Cc4ccc(OCCOC5CC5)cc4)c3)(O1)[C@@H](O)[C@@H](O)[C@H]2I. The van der Waals surface area contributed by atoms with Crippen molar-refractivity contribution in [3.63, 3.8) is 0 Å². The maximum atomic E-state index is 10.9. The first-order valence-electron chi connectivity index (χ1n) is 11.4. The number of halogens is 2. The molecule has 0 amide bonds. The smallest absolute Gasteiger partial charge is 0.227 e. The second kappa shape index (κ2) is 9.82. The van der Waals surface area contributed by atoms with Crippen molar-refractivity contribution in [1.29, 1.82) is 0 Å². The second-order valence-corrected chi connectivity index (χ2v) is 10.7. The molecule has 2 bridgehead atoms. The monoisotopic (exact) mass is 602 g/mol. The highest BCUT2D eigenvalue weighted by Gasteiger charge is 2.67. The molecular formula is C25H28ClIO7. The molecule has 1 saturated carbocycles. The zero-order chi connectivity index (χ0) is 23.9. The Morgan fingerprint density at radius 1 is 1.12 bits per heavy atom. The Hall–Kier alpha value is -0.980. The molecule has 7 nitrogen and oxygen atoms in total. The van der Waals surface area contributed by atoms with Crippen LogP contribution in [0.1, 0.15) is 29.5 Å². The molecule has 5 atom stereocenters. The highest BCUT2D eigenvalue weighted by atomic mass is 127. The number of ether oxygens (including phenoxy) is 5. The highest BCUT2D eigenvalue weighted by molar-refractivity contribution is 14.1. The number of alkyl halides is 1. The second-order valence-electron chi connectivity index (χ2n) is 8.96. The number of benzene rings is 2. The fourth-order valence-corrected chi connectivity index (χ4v) is 5.57. The van der Waals surface area contributed by atoms with E-state index in [2.05, 4.69) is 0 Å². The Bertz CT molecular complexity index is 1020. The summed E-state index contributed by atoms with van der Waals surface area (Å²) in [6, 6.07) is 13.2. The third kappa shape index (κ3) is 4.59. The van der Waals surface area contributed by atoms with Gasteiger partial charge in [0.15, 0.2) is 0 Å². The van der Waals surface area contributed by atoms with Gasteiger partial charge in [-0.05, 0) is 54.7 Å². The van der Waals surface area contributed by atoms with Crippen LogP contribution in [0.4, 0.5) is 0 Å². The van der Waals surface area contributed by atoms with E-state index in [-0.39, 0.29) is 6.61 Å². The summed E-state index contributed by atoms with van der Waals surface area (Å²) < 4.78 is 28.6. The third-order valence-corrected chi connectivity index (χ3v) is 8.64. The summed E-state index contributed by atoms with van der Waals surface area (Å²) in [5, 5.41) is 22.2. The van der Waals surface area contributed by atoms with Crippen LogP contribution in [0, 0.1) is 0 Å². The predicted octanol–water partition coefficient (Wildman–Crippen LogP) is 3.57. The fraction of sp³-hybridized carbons (Fsp3) is 0.520. The third-order valence-electron chi connectivity index (χ3n) is 6.59. The number of methoxy groups -OCH3 is 1. The summed E-state index contributed by atoms with van der Waals surface area (Å²) in [5.41, 5.74) is 2.48. The van der Waals surface area contributed by atoms with E-state index in [9.17, 15) is 10.2 Å². The molecule has 2 aliphatic heterocycles. The summed E-state index contributed by atoms with van der Waals surface area (Å²) in [4.78, 5) is 0. The number of hydrogen-bond acceptors (Lipinski definition) is 7. The topological polar surface area (TPSA) is 86.6 Å². The Kier molecular flexibility index (Phi) is 7.13. The number of fused-ring (bicyclic) bond motifs is 2. The van der Waals surface area contributed by atoms with E-state index in [4.69, 9.17) is 35.3 Å². The van der Waals surface area contributed by atoms with Crippen molar-refractivity contribution < 1.29 is 33.9 Å². The summed E-state index contributed by atoms with van der Waals surface area (Å²) in [5.74, 6) is -1.88. The summed E-state index contributed by atoms with van der Waals surface area (Å²) in [7, 11) is 1.51. The van der Waals surface area contributed by atoms with Crippen molar-refractivity contribution in [2.24, 2.45) is 0 Å². The molecule has 5 rings (SSSR count). The van der Waals surface area contributed by atoms with E-state index in [0.717, 1.165) is 29.7 Å². The van der Waals surface area contributed by atoms with E-state index in [1.54, 1.807) is 12.1 Å². The van der Waals surface area contributed by atoms with Crippen LogP contribution < -0.4 is 4.74 Å². The van der Waals surface area contributed by atoms with Crippen LogP contribution in [0.15, 0.2) is 42.5 Å². The van der Waals surface area contributed by atoms with Gasteiger partial charge in [0, 0.05) is 17.7 Å². The molecular weight excluding hydrogens is 575 g/mol. The van der Waals surface area contributed by atoms with Gasteiger partial charge in [-0.1, -0.05) is 52.4 Å². The molecule has 1 aliphatic carbocycles. The van der Waals surface area contributed by atoms with Gasteiger partial charge in [-0.2, -0.15) is 0 Å². The first kappa shape index (κ1) is 24.7. The van der Waals surface area contributed by atoms with Gasteiger partial charge in [0.25, 0.3) is 0 Å². The van der Waals surface area contributed by atoms with E-state index in [1.807, 2.05) is 52.9 Å². The molecule has 34 heavy (non-hydrogen) atoms. The van der Waals surface area contributed by atoms with Crippen LogP contribution in [0.3, 0.4) is 0 Å². The zero-order valence-electron chi connectivity index (χ0n) is 18.8. The van der Waals surface area contributed by atoms with E-state index in [1.165, 1.54) is 7.11 Å². The minimum atomic E-state index is -1.53. The van der Waals surface area contributed by atoms with Crippen molar-refractivity contribution >= 4 is 34.2 Å². The normalized spacial score (nSPS) is 32.7. The van der Waals surface area contributed by atoms with Gasteiger partial charge in [0.1, 0.15) is 31.2 Å². The van der Waals surface area contributed by atoms with Crippen molar-refractivity contribution in [2.75, 3.05) is 26.9 Å². The van der Waals surface area contributed by atoms with Crippen LogP contribution in [-0.4, -0.2) is 65.2 Å². The van der Waals surface area contributed by atoms with Crippen LogP contribution >= 0.6 is 34.2 Å². The molecule has 2 aromatic carbocycles.